The van der Waals surface area contributed by atoms with Crippen LogP contribution in [0.15, 0.2) is 59.7 Å². The highest BCUT2D eigenvalue weighted by atomic mass is 16.2. The highest BCUT2D eigenvalue weighted by Crippen LogP contribution is 2.00. The highest BCUT2D eigenvalue weighted by molar-refractivity contribution is 5.91. The maximum atomic E-state index is 12.3. The second kappa shape index (κ2) is 7.57. The van der Waals surface area contributed by atoms with Crippen molar-refractivity contribution in [1.29, 1.82) is 0 Å². The van der Waals surface area contributed by atoms with Crippen molar-refractivity contribution in [3.05, 3.63) is 82.3 Å². The topological polar surface area (TPSA) is 81.8 Å². The molecule has 2 aromatic heterocycles. The maximum absolute atomic E-state index is 12.3. The quantitative estimate of drug-likeness (QED) is 0.733. The maximum Gasteiger partial charge on any atom is 0.271 e. The predicted molar refractivity (Wildman–Crippen MR) is 93.3 cm³/mol. The summed E-state index contributed by atoms with van der Waals surface area (Å²) in [5.74, 6) is 0.586. The van der Waals surface area contributed by atoms with Gasteiger partial charge in [0.1, 0.15) is 11.5 Å². The molecule has 1 N–H and O–H groups in total. The summed E-state index contributed by atoms with van der Waals surface area (Å²) in [4.78, 5) is 28.4. The Morgan fingerprint density at radius 3 is 2.68 bits per heavy atom. The first-order valence-corrected chi connectivity index (χ1v) is 8.01. The molecule has 0 unspecified atom stereocenters. The van der Waals surface area contributed by atoms with Crippen LogP contribution in [0.25, 0.3) is 0 Å². The van der Waals surface area contributed by atoms with Crippen LogP contribution in [0.4, 0.5) is 0 Å². The Hall–Kier alpha value is -3.22. The lowest BCUT2D eigenvalue weighted by atomic mass is 10.2. The molecule has 0 atom stereocenters. The summed E-state index contributed by atoms with van der Waals surface area (Å²) in [6, 6.07) is 12.3. The van der Waals surface area contributed by atoms with Gasteiger partial charge in [0, 0.05) is 31.5 Å². The Balaban J connectivity index is 1.65. The van der Waals surface area contributed by atoms with Gasteiger partial charge in [-0.2, -0.15) is 5.10 Å². The number of aryl methyl sites for hydroxylation is 1. The van der Waals surface area contributed by atoms with Gasteiger partial charge in [-0.3, -0.25) is 9.59 Å². The molecule has 7 nitrogen and oxygen atoms in total. The van der Waals surface area contributed by atoms with Crippen LogP contribution >= 0.6 is 0 Å². The van der Waals surface area contributed by atoms with E-state index in [4.69, 9.17) is 0 Å². The number of aromatic nitrogens is 4. The first-order chi connectivity index (χ1) is 12.1. The van der Waals surface area contributed by atoms with Gasteiger partial charge in [-0.05, 0) is 18.6 Å². The molecule has 0 aliphatic heterocycles. The third-order valence-electron chi connectivity index (χ3n) is 3.84. The zero-order valence-electron chi connectivity index (χ0n) is 13.9. The van der Waals surface area contributed by atoms with Crippen LogP contribution in [0.5, 0.6) is 0 Å². The lowest BCUT2D eigenvalue weighted by Crippen LogP contribution is -2.31. The molecule has 1 amide bonds. The molecule has 1 aromatic carbocycles. The van der Waals surface area contributed by atoms with Crippen molar-refractivity contribution < 1.29 is 4.79 Å². The average molecular weight is 337 g/mol. The summed E-state index contributed by atoms with van der Waals surface area (Å²) in [6.45, 7) is 3.31. The summed E-state index contributed by atoms with van der Waals surface area (Å²) >= 11 is 0. The lowest BCUT2D eigenvalue weighted by Gasteiger charge is -2.09. The molecule has 0 saturated carbocycles. The van der Waals surface area contributed by atoms with Crippen molar-refractivity contribution >= 4 is 5.91 Å². The van der Waals surface area contributed by atoms with Gasteiger partial charge in [0.25, 0.3) is 11.5 Å². The molecule has 0 aliphatic rings. The van der Waals surface area contributed by atoms with Crippen molar-refractivity contribution in [3.8, 4) is 0 Å². The van der Waals surface area contributed by atoms with Crippen LogP contribution in [0.1, 0.15) is 21.9 Å². The molecular weight excluding hydrogens is 318 g/mol. The Kier molecular flexibility index (Phi) is 5.03. The minimum atomic E-state index is -0.306. The van der Waals surface area contributed by atoms with E-state index in [-0.39, 0.29) is 17.2 Å². The van der Waals surface area contributed by atoms with Gasteiger partial charge in [-0.15, -0.1) is 0 Å². The Morgan fingerprint density at radius 1 is 1.16 bits per heavy atom. The van der Waals surface area contributed by atoms with Crippen molar-refractivity contribution in [2.24, 2.45) is 0 Å². The molecule has 0 spiro atoms. The molecule has 25 heavy (non-hydrogen) atoms. The van der Waals surface area contributed by atoms with E-state index in [0.717, 1.165) is 11.4 Å². The molecule has 7 heteroatoms. The second-order valence-corrected chi connectivity index (χ2v) is 5.62. The number of hydrogen-bond donors (Lipinski definition) is 1. The summed E-state index contributed by atoms with van der Waals surface area (Å²) in [6.07, 6.45) is 3.58. The lowest BCUT2D eigenvalue weighted by molar-refractivity contribution is 0.0944. The fourth-order valence-electron chi connectivity index (χ4n) is 2.46. The van der Waals surface area contributed by atoms with E-state index in [2.05, 4.69) is 15.4 Å². The molecule has 0 saturated heterocycles. The minimum Gasteiger partial charge on any atom is -0.349 e. The Labute approximate surface area is 144 Å². The highest BCUT2D eigenvalue weighted by Gasteiger charge is 2.09. The molecule has 0 aliphatic carbocycles. The third-order valence-corrected chi connectivity index (χ3v) is 3.84. The van der Waals surface area contributed by atoms with Crippen LogP contribution in [0.3, 0.4) is 0 Å². The smallest absolute Gasteiger partial charge is 0.271 e. The number of carbonyl (C=O) groups excluding carboxylic acids is 1. The minimum absolute atomic E-state index is 0.220. The first kappa shape index (κ1) is 16.6. The number of rotatable bonds is 6. The largest absolute Gasteiger partial charge is 0.349 e. The van der Waals surface area contributed by atoms with Crippen molar-refractivity contribution in [3.63, 3.8) is 0 Å². The fraction of sp³-hybridized carbons (Fsp3) is 0.222. The molecule has 3 aromatic rings. The zero-order valence-corrected chi connectivity index (χ0v) is 13.9. The molecule has 128 valence electrons. The third kappa shape index (κ3) is 4.20. The number of benzene rings is 1. The van der Waals surface area contributed by atoms with Gasteiger partial charge in [0.15, 0.2) is 0 Å². The number of nitrogens with zero attached hydrogens (tertiary/aromatic N) is 4. The molecule has 0 fully saturated rings. The van der Waals surface area contributed by atoms with E-state index in [9.17, 15) is 9.59 Å². The number of nitrogens with one attached hydrogen (secondary N) is 1. The molecule has 2 heterocycles. The molecule has 3 rings (SSSR count). The van der Waals surface area contributed by atoms with E-state index in [0.29, 0.717) is 19.6 Å². The number of amides is 1. The van der Waals surface area contributed by atoms with Gasteiger partial charge in [-0.1, -0.05) is 30.3 Å². The van der Waals surface area contributed by atoms with E-state index in [1.807, 2.05) is 48.0 Å². The van der Waals surface area contributed by atoms with Crippen LogP contribution in [-0.4, -0.2) is 31.8 Å². The van der Waals surface area contributed by atoms with E-state index in [1.54, 1.807) is 6.20 Å². The Bertz CT molecular complexity index is 914. The summed E-state index contributed by atoms with van der Waals surface area (Å²) in [5.41, 5.74) is 0.928. The summed E-state index contributed by atoms with van der Waals surface area (Å²) in [5, 5.41) is 6.98. The van der Waals surface area contributed by atoms with Gasteiger partial charge in [0.2, 0.25) is 0 Å². The first-order valence-electron chi connectivity index (χ1n) is 8.01. The molecule has 0 bridgehead atoms. The van der Waals surface area contributed by atoms with E-state index >= 15 is 0 Å². The average Bonchev–Trinajstić information content (AvgIpc) is 3.03. The van der Waals surface area contributed by atoms with Crippen molar-refractivity contribution in [2.45, 2.75) is 20.0 Å². The number of imidazole rings is 1. The monoisotopic (exact) mass is 337 g/mol. The van der Waals surface area contributed by atoms with E-state index in [1.165, 1.54) is 16.8 Å². The predicted octanol–water partition coefficient (Wildman–Crippen LogP) is 1.23. The van der Waals surface area contributed by atoms with Crippen molar-refractivity contribution in [2.75, 3.05) is 6.54 Å². The van der Waals surface area contributed by atoms with Crippen LogP contribution < -0.4 is 10.9 Å². The normalized spacial score (nSPS) is 10.6. The SMILES string of the molecule is Cc1nccn1CCNC(=O)c1ccc(=O)n(Cc2ccccc2)n1. The zero-order chi connectivity index (χ0) is 17.6. The van der Waals surface area contributed by atoms with Gasteiger partial charge in [-0.25, -0.2) is 9.67 Å². The summed E-state index contributed by atoms with van der Waals surface area (Å²) < 4.78 is 3.24. The number of carbonyl (C=O) groups is 1. The van der Waals surface area contributed by atoms with Crippen LogP contribution in [-0.2, 0) is 13.1 Å². The molecular formula is C18H19N5O2. The van der Waals surface area contributed by atoms with Crippen LogP contribution in [0, 0.1) is 6.92 Å². The van der Waals surface area contributed by atoms with Crippen LogP contribution in [0.2, 0.25) is 0 Å². The van der Waals surface area contributed by atoms with E-state index < -0.39 is 0 Å². The number of hydrogen-bond acceptors (Lipinski definition) is 4. The Morgan fingerprint density at radius 2 is 1.96 bits per heavy atom. The fourth-order valence-corrected chi connectivity index (χ4v) is 2.46. The van der Waals surface area contributed by atoms with Gasteiger partial charge in [0.05, 0.1) is 6.54 Å². The standard InChI is InChI=1S/C18H19N5O2/c1-14-19-9-11-22(14)12-10-20-18(25)16-7-8-17(24)23(21-16)13-15-5-3-2-4-6-15/h2-9,11H,10,12-13H2,1H3,(H,20,25). The summed E-state index contributed by atoms with van der Waals surface area (Å²) in [7, 11) is 0. The van der Waals surface area contributed by atoms with Crippen molar-refractivity contribution in [1.82, 2.24) is 24.6 Å². The van der Waals surface area contributed by atoms with Gasteiger partial charge >= 0.3 is 0 Å². The second-order valence-electron chi connectivity index (χ2n) is 5.62. The molecule has 0 radical (unpaired) electrons. The van der Waals surface area contributed by atoms with Gasteiger partial charge < -0.3 is 9.88 Å².